The fraction of sp³-hybridized carbons (Fsp3) is 0.353. The molecular formula is C17H18N2O4. The van der Waals surface area contributed by atoms with Gasteiger partial charge in [0.15, 0.2) is 12.1 Å². The number of nitrogens with one attached hydrogen (secondary N) is 1. The molecule has 6 heteroatoms. The summed E-state index contributed by atoms with van der Waals surface area (Å²) in [6.45, 7) is 0. The Bertz CT molecular complexity index is 736. The van der Waals surface area contributed by atoms with Gasteiger partial charge in [-0.1, -0.05) is 6.07 Å². The Morgan fingerprint density at radius 1 is 1.30 bits per heavy atom. The maximum absolute atomic E-state index is 12.1. The first-order valence-corrected chi connectivity index (χ1v) is 7.59. The molecule has 0 atom stereocenters. The van der Waals surface area contributed by atoms with Gasteiger partial charge in [-0.15, -0.1) is 0 Å². The van der Waals surface area contributed by atoms with Crippen LogP contribution in [0.25, 0.3) is 0 Å². The van der Waals surface area contributed by atoms with Gasteiger partial charge in [0.1, 0.15) is 5.76 Å². The lowest BCUT2D eigenvalue weighted by atomic mass is 10.1. The highest BCUT2D eigenvalue weighted by atomic mass is 16.5. The maximum atomic E-state index is 12.1. The summed E-state index contributed by atoms with van der Waals surface area (Å²) in [7, 11) is 1.28. The van der Waals surface area contributed by atoms with E-state index in [9.17, 15) is 9.59 Å². The third-order valence-corrected chi connectivity index (χ3v) is 3.98. The molecule has 6 nitrogen and oxygen atoms in total. The first kappa shape index (κ1) is 15.3. The number of fused-ring (bicyclic) bond motifs is 1. The minimum atomic E-state index is -0.562. The van der Waals surface area contributed by atoms with Crippen LogP contribution in [0.4, 0.5) is 5.69 Å². The van der Waals surface area contributed by atoms with E-state index in [2.05, 4.69) is 21.1 Å². The van der Waals surface area contributed by atoms with Gasteiger partial charge < -0.3 is 14.5 Å². The number of carbonyl (C=O) groups excluding carboxylic acids is 2. The number of amides is 1. The number of ether oxygens (including phenoxy) is 1. The molecule has 1 aliphatic rings. The van der Waals surface area contributed by atoms with E-state index < -0.39 is 5.97 Å². The van der Waals surface area contributed by atoms with Crippen LogP contribution < -0.4 is 5.32 Å². The number of rotatable bonds is 5. The van der Waals surface area contributed by atoms with Crippen molar-refractivity contribution in [1.82, 2.24) is 4.98 Å². The normalized spacial score (nSPS) is 12.7. The number of nitrogens with zero attached hydrogens (tertiary/aromatic N) is 1. The molecule has 23 heavy (non-hydrogen) atoms. The van der Waals surface area contributed by atoms with Gasteiger partial charge in [-0.3, -0.25) is 4.79 Å². The van der Waals surface area contributed by atoms with Gasteiger partial charge in [-0.2, -0.15) is 0 Å². The quantitative estimate of drug-likeness (QED) is 0.858. The zero-order valence-electron chi connectivity index (χ0n) is 12.9. The molecule has 1 aliphatic carbocycles. The number of benzene rings is 1. The average molecular weight is 314 g/mol. The fourth-order valence-electron chi connectivity index (χ4n) is 2.81. The van der Waals surface area contributed by atoms with Gasteiger partial charge in [0.05, 0.1) is 7.11 Å². The Balaban J connectivity index is 1.58. The van der Waals surface area contributed by atoms with Crippen LogP contribution in [0.2, 0.25) is 0 Å². The topological polar surface area (TPSA) is 81.4 Å². The van der Waals surface area contributed by atoms with E-state index in [1.807, 2.05) is 12.1 Å². The van der Waals surface area contributed by atoms with E-state index in [1.165, 1.54) is 31.1 Å². The largest absolute Gasteiger partial charge is 0.464 e. The van der Waals surface area contributed by atoms with E-state index in [0.29, 0.717) is 12.2 Å². The lowest BCUT2D eigenvalue weighted by Crippen LogP contribution is -2.13. The number of hydrogen-bond donors (Lipinski definition) is 1. The Kier molecular flexibility index (Phi) is 4.41. The van der Waals surface area contributed by atoms with Crippen LogP contribution in [0.15, 0.2) is 29.0 Å². The first-order valence-electron chi connectivity index (χ1n) is 7.59. The summed E-state index contributed by atoms with van der Waals surface area (Å²) in [5.74, 6) is -0.330. The van der Waals surface area contributed by atoms with E-state index in [1.54, 1.807) is 0 Å². The molecule has 1 N–H and O–H groups in total. The summed E-state index contributed by atoms with van der Waals surface area (Å²) in [4.78, 5) is 27.4. The van der Waals surface area contributed by atoms with Crippen molar-refractivity contribution in [3.63, 3.8) is 0 Å². The molecule has 0 saturated heterocycles. The van der Waals surface area contributed by atoms with Gasteiger partial charge in [-0.05, 0) is 42.5 Å². The van der Waals surface area contributed by atoms with Crippen LogP contribution in [-0.4, -0.2) is 24.0 Å². The molecule has 0 spiro atoms. The average Bonchev–Trinajstić information content (AvgIpc) is 3.20. The van der Waals surface area contributed by atoms with Crippen molar-refractivity contribution in [3.8, 4) is 0 Å². The van der Waals surface area contributed by atoms with Gasteiger partial charge in [0.2, 0.25) is 5.91 Å². The Morgan fingerprint density at radius 3 is 2.96 bits per heavy atom. The van der Waals surface area contributed by atoms with Crippen LogP contribution in [0.3, 0.4) is 0 Å². The summed E-state index contributed by atoms with van der Waals surface area (Å²) in [6, 6.07) is 6.04. The highest BCUT2D eigenvalue weighted by Crippen LogP contribution is 2.25. The van der Waals surface area contributed by atoms with Crippen LogP contribution >= 0.6 is 0 Å². The van der Waals surface area contributed by atoms with E-state index in [-0.39, 0.29) is 18.0 Å². The molecule has 1 aromatic carbocycles. The number of anilines is 1. The second-order valence-electron chi connectivity index (χ2n) is 5.50. The molecule has 2 aromatic rings. The Hall–Kier alpha value is -2.63. The highest BCUT2D eigenvalue weighted by Gasteiger charge is 2.18. The molecule has 1 aromatic heterocycles. The first-order chi connectivity index (χ1) is 11.2. The van der Waals surface area contributed by atoms with Crippen molar-refractivity contribution in [2.45, 2.75) is 32.1 Å². The van der Waals surface area contributed by atoms with Gasteiger partial charge >= 0.3 is 5.97 Å². The predicted molar refractivity (Wildman–Crippen MR) is 83.3 cm³/mol. The summed E-state index contributed by atoms with van der Waals surface area (Å²) in [5, 5.41) is 2.88. The molecular weight excluding hydrogens is 296 g/mol. The molecule has 1 heterocycles. The molecule has 120 valence electrons. The van der Waals surface area contributed by atoms with E-state index in [4.69, 9.17) is 4.42 Å². The molecule has 0 bridgehead atoms. The van der Waals surface area contributed by atoms with Crippen molar-refractivity contribution in [2.75, 3.05) is 12.4 Å². The zero-order chi connectivity index (χ0) is 16.2. The second-order valence-corrected chi connectivity index (χ2v) is 5.50. The monoisotopic (exact) mass is 314 g/mol. The summed E-state index contributed by atoms with van der Waals surface area (Å²) < 4.78 is 9.78. The van der Waals surface area contributed by atoms with Gasteiger partial charge in [0.25, 0.3) is 0 Å². The van der Waals surface area contributed by atoms with Crippen molar-refractivity contribution in [1.29, 1.82) is 0 Å². The summed E-state index contributed by atoms with van der Waals surface area (Å²) >= 11 is 0. The van der Waals surface area contributed by atoms with Crippen LogP contribution in [-0.2, 0) is 28.8 Å². The van der Waals surface area contributed by atoms with Crippen LogP contribution in [0.5, 0.6) is 0 Å². The number of hydrogen-bond acceptors (Lipinski definition) is 5. The standard InChI is InChI=1S/C17H18N2O4/c1-22-17(21)16-14(23-10-18-16)7-8-15(20)19-13-6-5-11-3-2-4-12(11)9-13/h5-6,9-10H,2-4,7-8H2,1H3,(H,19,20). The lowest BCUT2D eigenvalue weighted by Gasteiger charge is -2.07. The Labute approximate surface area is 133 Å². The number of aryl methyl sites for hydroxylation is 3. The molecule has 0 radical (unpaired) electrons. The summed E-state index contributed by atoms with van der Waals surface area (Å²) in [6.07, 6.45) is 5.04. The minimum absolute atomic E-state index is 0.123. The summed E-state index contributed by atoms with van der Waals surface area (Å²) in [5.41, 5.74) is 3.61. The SMILES string of the molecule is COC(=O)c1ncoc1CCC(=O)Nc1ccc2c(c1)CCC2. The number of aromatic nitrogens is 1. The third-order valence-electron chi connectivity index (χ3n) is 3.98. The number of esters is 1. The second kappa shape index (κ2) is 6.64. The molecule has 0 unspecified atom stereocenters. The Morgan fingerprint density at radius 2 is 2.13 bits per heavy atom. The van der Waals surface area contributed by atoms with Crippen molar-refractivity contribution < 1.29 is 18.7 Å². The van der Waals surface area contributed by atoms with Crippen molar-refractivity contribution in [3.05, 3.63) is 47.2 Å². The fourth-order valence-corrected chi connectivity index (χ4v) is 2.81. The maximum Gasteiger partial charge on any atom is 0.360 e. The minimum Gasteiger partial charge on any atom is -0.464 e. The van der Waals surface area contributed by atoms with Gasteiger partial charge in [0, 0.05) is 18.5 Å². The van der Waals surface area contributed by atoms with Gasteiger partial charge in [-0.25, -0.2) is 9.78 Å². The van der Waals surface area contributed by atoms with Crippen molar-refractivity contribution in [2.24, 2.45) is 0 Å². The number of carbonyl (C=O) groups is 2. The van der Waals surface area contributed by atoms with E-state index in [0.717, 1.165) is 18.5 Å². The molecule has 0 aliphatic heterocycles. The van der Waals surface area contributed by atoms with Crippen LogP contribution in [0, 0.1) is 0 Å². The third kappa shape index (κ3) is 3.41. The molecule has 3 rings (SSSR count). The van der Waals surface area contributed by atoms with Crippen molar-refractivity contribution >= 4 is 17.6 Å². The van der Waals surface area contributed by atoms with E-state index >= 15 is 0 Å². The lowest BCUT2D eigenvalue weighted by molar-refractivity contribution is -0.116. The molecule has 0 fully saturated rings. The smallest absolute Gasteiger partial charge is 0.360 e. The number of methoxy groups -OCH3 is 1. The number of oxazole rings is 1. The van der Waals surface area contributed by atoms with Crippen LogP contribution in [0.1, 0.15) is 40.2 Å². The highest BCUT2D eigenvalue weighted by molar-refractivity contribution is 5.91. The molecule has 0 saturated carbocycles. The predicted octanol–water partition coefficient (Wildman–Crippen LogP) is 2.52. The zero-order valence-corrected chi connectivity index (χ0v) is 12.9. The molecule has 1 amide bonds.